The van der Waals surface area contributed by atoms with E-state index in [0.717, 1.165) is 5.57 Å². The zero-order chi connectivity index (χ0) is 14.2. The van der Waals surface area contributed by atoms with Crippen molar-refractivity contribution in [2.45, 2.75) is 25.0 Å². The van der Waals surface area contributed by atoms with E-state index in [2.05, 4.69) is 0 Å². The molecule has 5 heteroatoms. The highest BCUT2D eigenvalue weighted by Crippen LogP contribution is 2.38. The molecule has 1 aromatic rings. The van der Waals surface area contributed by atoms with E-state index in [4.69, 9.17) is 14.6 Å². The molecule has 2 aliphatic rings. The number of ether oxygens (including phenoxy) is 2. The SMILES string of the molecule is O=C(O)c1ccc(F)c(C2=CCC3(CC2)OCCO3)c1. The number of benzene rings is 1. The Kier molecular flexibility index (Phi) is 3.31. The largest absolute Gasteiger partial charge is 0.478 e. The molecule has 0 atom stereocenters. The summed E-state index contributed by atoms with van der Waals surface area (Å²) in [6.07, 6.45) is 3.73. The van der Waals surface area contributed by atoms with Gasteiger partial charge in [0.15, 0.2) is 5.79 Å². The minimum absolute atomic E-state index is 0.0935. The van der Waals surface area contributed by atoms with Crippen molar-refractivity contribution in [3.63, 3.8) is 0 Å². The fourth-order valence-electron chi connectivity index (χ4n) is 2.72. The van der Waals surface area contributed by atoms with Crippen LogP contribution in [-0.4, -0.2) is 30.1 Å². The van der Waals surface area contributed by atoms with Crippen LogP contribution in [0.15, 0.2) is 24.3 Å². The molecule has 1 aliphatic carbocycles. The van der Waals surface area contributed by atoms with Gasteiger partial charge in [0.2, 0.25) is 0 Å². The van der Waals surface area contributed by atoms with E-state index < -0.39 is 17.6 Å². The van der Waals surface area contributed by atoms with Crippen LogP contribution >= 0.6 is 0 Å². The summed E-state index contributed by atoms with van der Waals surface area (Å²) < 4.78 is 25.1. The van der Waals surface area contributed by atoms with Gasteiger partial charge in [-0.2, -0.15) is 0 Å². The van der Waals surface area contributed by atoms with Crippen molar-refractivity contribution in [3.8, 4) is 0 Å². The van der Waals surface area contributed by atoms with E-state index in [9.17, 15) is 9.18 Å². The summed E-state index contributed by atoms with van der Waals surface area (Å²) >= 11 is 0. The van der Waals surface area contributed by atoms with Crippen molar-refractivity contribution in [1.82, 2.24) is 0 Å². The van der Waals surface area contributed by atoms with Crippen LogP contribution in [0.5, 0.6) is 0 Å². The fraction of sp³-hybridized carbons (Fsp3) is 0.400. The number of carbonyl (C=O) groups is 1. The van der Waals surface area contributed by atoms with Crippen LogP contribution in [-0.2, 0) is 9.47 Å². The molecule has 0 unspecified atom stereocenters. The van der Waals surface area contributed by atoms with Gasteiger partial charge in [-0.15, -0.1) is 0 Å². The van der Waals surface area contributed by atoms with Crippen molar-refractivity contribution in [1.29, 1.82) is 0 Å². The molecule has 1 aromatic carbocycles. The van der Waals surface area contributed by atoms with Gasteiger partial charge >= 0.3 is 5.97 Å². The van der Waals surface area contributed by atoms with Gasteiger partial charge in [0.1, 0.15) is 5.82 Å². The molecule has 1 fully saturated rings. The van der Waals surface area contributed by atoms with Gasteiger partial charge in [-0.05, 0) is 30.2 Å². The molecule has 106 valence electrons. The van der Waals surface area contributed by atoms with Gasteiger partial charge in [-0.1, -0.05) is 6.08 Å². The third-order valence-corrected chi connectivity index (χ3v) is 3.81. The zero-order valence-corrected chi connectivity index (χ0v) is 10.9. The monoisotopic (exact) mass is 278 g/mol. The van der Waals surface area contributed by atoms with E-state index >= 15 is 0 Å². The maximum absolute atomic E-state index is 13.9. The zero-order valence-electron chi connectivity index (χ0n) is 10.9. The quantitative estimate of drug-likeness (QED) is 0.903. The smallest absolute Gasteiger partial charge is 0.335 e. The van der Waals surface area contributed by atoms with Gasteiger partial charge in [0.05, 0.1) is 18.8 Å². The van der Waals surface area contributed by atoms with Crippen molar-refractivity contribution < 1.29 is 23.8 Å². The van der Waals surface area contributed by atoms with Crippen molar-refractivity contribution >= 4 is 11.5 Å². The first-order valence-electron chi connectivity index (χ1n) is 6.60. The van der Waals surface area contributed by atoms with Gasteiger partial charge in [0, 0.05) is 18.4 Å². The second-order valence-corrected chi connectivity index (χ2v) is 5.04. The Labute approximate surface area is 115 Å². The van der Waals surface area contributed by atoms with Gasteiger partial charge in [-0.3, -0.25) is 0 Å². The Morgan fingerprint density at radius 3 is 2.65 bits per heavy atom. The molecule has 1 spiro atoms. The summed E-state index contributed by atoms with van der Waals surface area (Å²) in [6, 6.07) is 3.86. The lowest BCUT2D eigenvalue weighted by atomic mass is 9.89. The second-order valence-electron chi connectivity index (χ2n) is 5.04. The fourth-order valence-corrected chi connectivity index (χ4v) is 2.72. The molecule has 20 heavy (non-hydrogen) atoms. The Bertz CT molecular complexity index is 573. The highest BCUT2D eigenvalue weighted by molar-refractivity contribution is 5.89. The average molecular weight is 278 g/mol. The number of hydrogen-bond donors (Lipinski definition) is 1. The van der Waals surface area contributed by atoms with Gasteiger partial charge in [-0.25, -0.2) is 9.18 Å². The third kappa shape index (κ3) is 2.34. The van der Waals surface area contributed by atoms with Crippen LogP contribution in [0.25, 0.3) is 5.57 Å². The first-order chi connectivity index (χ1) is 9.60. The van der Waals surface area contributed by atoms with Crippen molar-refractivity contribution in [2.75, 3.05) is 13.2 Å². The van der Waals surface area contributed by atoms with E-state index in [1.807, 2.05) is 6.08 Å². The predicted octanol–water partition coefficient (Wildman–Crippen LogP) is 2.83. The molecular weight excluding hydrogens is 263 g/mol. The minimum Gasteiger partial charge on any atom is -0.478 e. The number of halogens is 1. The number of carboxylic acids is 1. The highest BCUT2D eigenvalue weighted by atomic mass is 19.1. The second kappa shape index (κ2) is 5.00. The predicted molar refractivity (Wildman–Crippen MR) is 69.8 cm³/mol. The topological polar surface area (TPSA) is 55.8 Å². The lowest BCUT2D eigenvalue weighted by molar-refractivity contribution is -0.159. The number of allylic oxidation sites excluding steroid dienone is 1. The molecule has 0 aromatic heterocycles. The Morgan fingerprint density at radius 2 is 2.05 bits per heavy atom. The van der Waals surface area contributed by atoms with E-state index in [1.54, 1.807) is 0 Å². The first kappa shape index (κ1) is 13.3. The average Bonchev–Trinajstić information content (AvgIpc) is 2.89. The number of carboxylic acid groups (broad SMARTS) is 1. The highest BCUT2D eigenvalue weighted by Gasteiger charge is 2.38. The van der Waals surface area contributed by atoms with Crippen LogP contribution in [0.4, 0.5) is 4.39 Å². The first-order valence-corrected chi connectivity index (χ1v) is 6.60. The molecule has 4 nitrogen and oxygen atoms in total. The Balaban J connectivity index is 1.88. The molecule has 1 heterocycles. The normalized spacial score (nSPS) is 20.9. The minimum atomic E-state index is -1.05. The van der Waals surface area contributed by atoms with Crippen LogP contribution in [0.3, 0.4) is 0 Å². The number of rotatable bonds is 2. The molecule has 3 rings (SSSR count). The summed E-state index contributed by atoms with van der Waals surface area (Å²) in [4.78, 5) is 11.0. The van der Waals surface area contributed by atoms with Crippen molar-refractivity contribution in [3.05, 3.63) is 41.2 Å². The standard InChI is InChI=1S/C15H15FO4/c16-13-2-1-11(14(17)18)9-12(13)10-3-5-15(6-4-10)19-7-8-20-15/h1-3,9H,4-8H2,(H,17,18). The summed E-state index contributed by atoms with van der Waals surface area (Å²) in [5.74, 6) is -2.00. The summed E-state index contributed by atoms with van der Waals surface area (Å²) in [5, 5.41) is 8.98. The molecular formula is C15H15FO4. The molecule has 1 saturated heterocycles. The van der Waals surface area contributed by atoms with Crippen molar-refractivity contribution in [2.24, 2.45) is 0 Å². The van der Waals surface area contributed by atoms with Gasteiger partial charge < -0.3 is 14.6 Å². The summed E-state index contributed by atoms with van der Waals surface area (Å²) in [6.45, 7) is 1.18. The van der Waals surface area contributed by atoms with E-state index in [1.165, 1.54) is 18.2 Å². The number of aromatic carboxylic acids is 1. The van der Waals surface area contributed by atoms with Crippen LogP contribution in [0, 0.1) is 5.82 Å². The van der Waals surface area contributed by atoms with Gasteiger partial charge in [0.25, 0.3) is 0 Å². The van der Waals surface area contributed by atoms with Crippen LogP contribution in [0.1, 0.15) is 35.2 Å². The lowest BCUT2D eigenvalue weighted by Crippen LogP contribution is -2.31. The summed E-state index contributed by atoms with van der Waals surface area (Å²) in [7, 11) is 0. The number of hydrogen-bond acceptors (Lipinski definition) is 3. The summed E-state index contributed by atoms with van der Waals surface area (Å²) in [5.41, 5.74) is 1.27. The Hall–Kier alpha value is -1.72. The van der Waals surface area contributed by atoms with E-state index in [0.29, 0.717) is 38.0 Å². The van der Waals surface area contributed by atoms with Crippen LogP contribution in [0.2, 0.25) is 0 Å². The lowest BCUT2D eigenvalue weighted by Gasteiger charge is -2.30. The molecule has 0 amide bonds. The van der Waals surface area contributed by atoms with E-state index in [-0.39, 0.29) is 5.56 Å². The molecule has 1 aliphatic heterocycles. The Morgan fingerprint density at radius 1 is 1.30 bits per heavy atom. The third-order valence-electron chi connectivity index (χ3n) is 3.81. The maximum Gasteiger partial charge on any atom is 0.335 e. The maximum atomic E-state index is 13.9. The van der Waals surface area contributed by atoms with Crippen LogP contribution < -0.4 is 0 Å². The molecule has 0 bridgehead atoms. The molecule has 1 N–H and O–H groups in total. The molecule has 0 saturated carbocycles. The molecule has 0 radical (unpaired) electrons.